The second-order valence-electron chi connectivity index (χ2n) is 9.63. The molecule has 0 saturated carbocycles. The van der Waals surface area contributed by atoms with Crippen molar-refractivity contribution in [2.24, 2.45) is 0 Å². The second kappa shape index (κ2) is 15.3. The Morgan fingerprint density at radius 1 is 0.600 bits per heavy atom. The van der Waals surface area contributed by atoms with Gasteiger partial charge < -0.3 is 9.80 Å². The van der Waals surface area contributed by atoms with Crippen LogP contribution in [-0.2, 0) is 0 Å². The summed E-state index contributed by atoms with van der Waals surface area (Å²) < 4.78 is 2.85. The van der Waals surface area contributed by atoms with Crippen LogP contribution in [0, 0.1) is 0 Å². The molecule has 0 atom stereocenters. The van der Waals surface area contributed by atoms with Crippen LogP contribution in [0.25, 0.3) is 20.2 Å². The predicted molar refractivity (Wildman–Crippen MR) is 165 cm³/mol. The normalized spacial score (nSPS) is 17.4. The molecule has 1 aromatic heterocycles. The Balaban J connectivity index is 0.00000171. The lowest BCUT2D eigenvalue weighted by Gasteiger charge is -2.26. The molecule has 2 fully saturated rings. The van der Waals surface area contributed by atoms with E-state index in [1.165, 1.54) is 132 Å². The molecule has 2 aliphatic rings. The minimum Gasteiger partial charge on any atom is -0.303 e. The van der Waals surface area contributed by atoms with Gasteiger partial charge in [0.25, 0.3) is 0 Å². The lowest BCUT2D eigenvalue weighted by atomic mass is 10.1. The van der Waals surface area contributed by atoms with E-state index in [1.54, 1.807) is 0 Å². The van der Waals surface area contributed by atoms with Crippen LogP contribution >= 0.6 is 59.7 Å². The topological polar surface area (TPSA) is 6.48 Å². The van der Waals surface area contributed by atoms with Gasteiger partial charge in [0.05, 0.1) is 0 Å². The van der Waals surface area contributed by atoms with E-state index in [1.807, 2.05) is 34.9 Å². The minimum atomic E-state index is 0. The molecule has 0 N–H and O–H groups in total. The van der Waals surface area contributed by atoms with Gasteiger partial charge in [-0.05, 0) is 126 Å². The maximum absolute atomic E-state index is 2.66. The first kappa shape index (κ1) is 29.4. The molecule has 0 unspecified atom stereocenters. The first-order valence-corrected chi connectivity index (χ1v) is 15.8. The van der Waals surface area contributed by atoms with Crippen molar-refractivity contribution >= 4 is 79.8 Å². The van der Waals surface area contributed by atoms with Crippen molar-refractivity contribution in [2.45, 2.75) is 61.2 Å². The average molecular weight is 572 g/mol. The monoisotopic (exact) mass is 570 g/mol. The zero-order valence-corrected chi connectivity index (χ0v) is 24.8. The van der Waals surface area contributed by atoms with Crippen molar-refractivity contribution in [2.75, 3.05) is 50.8 Å². The van der Waals surface area contributed by atoms with Gasteiger partial charge in [0.15, 0.2) is 0 Å². The highest BCUT2D eigenvalue weighted by Gasteiger charge is 2.11. The number of fused-ring (bicyclic) bond motifs is 3. The van der Waals surface area contributed by atoms with Crippen LogP contribution in [0.3, 0.4) is 0 Å². The third-order valence-corrected chi connectivity index (χ3v) is 10.4. The predicted octanol–water partition coefficient (Wildman–Crippen LogP) is 8.83. The molecule has 35 heavy (non-hydrogen) atoms. The number of halogens is 2. The summed E-state index contributed by atoms with van der Waals surface area (Å²) in [6.07, 6.45) is 11.0. The summed E-state index contributed by atoms with van der Waals surface area (Å²) in [5, 5.41) is 2.90. The Hall–Kier alpha value is -0.140. The largest absolute Gasteiger partial charge is 0.303 e. The first-order valence-electron chi connectivity index (χ1n) is 13.0. The zero-order valence-electron chi connectivity index (χ0n) is 20.7. The highest BCUT2D eigenvalue weighted by molar-refractivity contribution is 7.99. The molecule has 2 aromatic carbocycles. The van der Waals surface area contributed by atoms with Gasteiger partial charge in [0.2, 0.25) is 0 Å². The Labute approximate surface area is 236 Å². The molecular formula is C28H40Cl2N2S3. The maximum atomic E-state index is 2.66. The van der Waals surface area contributed by atoms with E-state index >= 15 is 0 Å². The molecule has 0 radical (unpaired) electrons. The van der Waals surface area contributed by atoms with E-state index in [9.17, 15) is 0 Å². The summed E-state index contributed by atoms with van der Waals surface area (Å²) in [6.45, 7) is 7.81. The Morgan fingerprint density at radius 3 is 1.46 bits per heavy atom. The minimum absolute atomic E-state index is 0. The molecule has 2 saturated heterocycles. The number of benzene rings is 2. The Morgan fingerprint density at radius 2 is 1.03 bits per heavy atom. The molecule has 0 aliphatic carbocycles. The number of hydrogen-bond acceptors (Lipinski definition) is 5. The summed E-state index contributed by atoms with van der Waals surface area (Å²) >= 11 is 6.02. The Kier molecular flexibility index (Phi) is 12.9. The van der Waals surface area contributed by atoms with Crippen molar-refractivity contribution in [3.05, 3.63) is 36.4 Å². The summed E-state index contributed by atoms with van der Waals surface area (Å²) in [6, 6.07) is 14.3. The fraction of sp³-hybridized carbons (Fsp3) is 0.571. The van der Waals surface area contributed by atoms with E-state index < -0.39 is 0 Å². The first-order chi connectivity index (χ1) is 16.3. The van der Waals surface area contributed by atoms with Gasteiger partial charge in [-0.1, -0.05) is 12.8 Å². The average Bonchev–Trinajstić information content (AvgIpc) is 3.23. The van der Waals surface area contributed by atoms with Crippen LogP contribution in [0.2, 0.25) is 0 Å². The smallest absolute Gasteiger partial charge is 0.0356 e. The highest BCUT2D eigenvalue weighted by Crippen LogP contribution is 2.38. The van der Waals surface area contributed by atoms with Gasteiger partial charge in [-0.2, -0.15) is 0 Å². The van der Waals surface area contributed by atoms with Crippen molar-refractivity contribution < 1.29 is 0 Å². The van der Waals surface area contributed by atoms with Gasteiger partial charge in [-0.25, -0.2) is 0 Å². The third kappa shape index (κ3) is 8.43. The SMILES string of the molecule is Cl.Cl.c1cc2sc3ccc(SCCCN4CCCCC4)cc3c2cc1SCCCN1CCCCC1. The van der Waals surface area contributed by atoms with E-state index in [4.69, 9.17) is 0 Å². The zero-order chi connectivity index (χ0) is 22.3. The van der Waals surface area contributed by atoms with Crippen molar-refractivity contribution in [3.63, 3.8) is 0 Å². The molecule has 194 valence electrons. The van der Waals surface area contributed by atoms with Crippen molar-refractivity contribution in [3.8, 4) is 0 Å². The van der Waals surface area contributed by atoms with Crippen LogP contribution in [0.4, 0.5) is 0 Å². The van der Waals surface area contributed by atoms with Crippen LogP contribution < -0.4 is 0 Å². The second-order valence-corrected chi connectivity index (χ2v) is 13.0. The van der Waals surface area contributed by atoms with Gasteiger partial charge in [0, 0.05) is 30.0 Å². The molecular weight excluding hydrogens is 531 g/mol. The molecule has 3 heterocycles. The molecule has 0 spiro atoms. The number of piperidine rings is 2. The fourth-order valence-corrected chi connectivity index (χ4v) is 8.05. The molecule has 2 nitrogen and oxygen atoms in total. The number of rotatable bonds is 10. The van der Waals surface area contributed by atoms with Gasteiger partial charge in [0.1, 0.15) is 0 Å². The molecule has 0 bridgehead atoms. The summed E-state index contributed by atoms with van der Waals surface area (Å²) in [5.41, 5.74) is 0. The molecule has 7 heteroatoms. The fourth-order valence-electron chi connectivity index (χ4n) is 5.24. The number of thiophene rings is 1. The van der Waals surface area contributed by atoms with E-state index in [0.29, 0.717) is 0 Å². The summed E-state index contributed by atoms with van der Waals surface area (Å²) in [5.74, 6) is 2.45. The lowest BCUT2D eigenvalue weighted by Crippen LogP contribution is -2.30. The van der Waals surface area contributed by atoms with E-state index in [0.717, 1.165) is 0 Å². The van der Waals surface area contributed by atoms with E-state index in [-0.39, 0.29) is 24.8 Å². The number of nitrogens with zero attached hydrogens (tertiary/aromatic N) is 2. The van der Waals surface area contributed by atoms with Crippen LogP contribution in [0.5, 0.6) is 0 Å². The van der Waals surface area contributed by atoms with Crippen molar-refractivity contribution in [1.82, 2.24) is 9.80 Å². The quantitative estimate of drug-likeness (QED) is 0.177. The van der Waals surface area contributed by atoms with E-state index in [2.05, 4.69) is 46.2 Å². The summed E-state index contributed by atoms with van der Waals surface area (Å²) in [4.78, 5) is 8.18. The Bertz CT molecular complexity index is 949. The number of likely N-dealkylation sites (tertiary alicyclic amines) is 2. The maximum Gasteiger partial charge on any atom is 0.0356 e. The van der Waals surface area contributed by atoms with Crippen LogP contribution in [0.15, 0.2) is 46.2 Å². The molecule has 3 aromatic rings. The number of thioether (sulfide) groups is 2. The van der Waals surface area contributed by atoms with Crippen molar-refractivity contribution in [1.29, 1.82) is 0 Å². The molecule has 5 rings (SSSR count). The highest BCUT2D eigenvalue weighted by atomic mass is 35.5. The van der Waals surface area contributed by atoms with Gasteiger partial charge >= 0.3 is 0 Å². The van der Waals surface area contributed by atoms with Crippen LogP contribution in [-0.4, -0.2) is 60.6 Å². The lowest BCUT2D eigenvalue weighted by molar-refractivity contribution is 0.230. The van der Waals surface area contributed by atoms with Gasteiger partial charge in [-0.3, -0.25) is 0 Å². The standard InChI is InChI=1S/C28H38N2S3.2ClH/c1-3-13-29(14-4-1)17-7-19-31-23-9-11-27-25(21-23)26-22-24(10-12-28(26)33-27)32-20-8-18-30-15-5-2-6-16-30;;/h9-12,21-22H,1-8,13-20H2;2*1H. The van der Waals surface area contributed by atoms with Crippen LogP contribution in [0.1, 0.15) is 51.4 Å². The van der Waals surface area contributed by atoms with Gasteiger partial charge in [-0.15, -0.1) is 59.7 Å². The molecule has 2 aliphatic heterocycles. The number of hydrogen-bond donors (Lipinski definition) is 0. The third-order valence-electron chi connectivity index (χ3n) is 7.08. The summed E-state index contributed by atoms with van der Waals surface area (Å²) in [7, 11) is 0. The molecule has 0 amide bonds.